The Morgan fingerprint density at radius 2 is 1.87 bits per heavy atom. The molecule has 3 N–H and O–H groups in total. The molecule has 0 saturated heterocycles. The first-order valence-corrected chi connectivity index (χ1v) is 9.66. The van der Waals surface area contributed by atoms with Gasteiger partial charge in [-0.05, 0) is 38.5 Å². The average molecular weight is 427 g/mol. The number of carbonyl (C=O) groups is 4. The summed E-state index contributed by atoms with van der Waals surface area (Å²) < 4.78 is 0.677. The van der Waals surface area contributed by atoms with Crippen LogP contribution >= 0.6 is 0 Å². The minimum Gasteiger partial charge on any atom is -0.465 e. The molecule has 0 fully saturated rings. The first-order valence-electron chi connectivity index (χ1n) is 9.66. The SMILES string of the molecule is CCN1C(=O)C(C)(C)c2ccc(C(=O)Nc3nn(C(=O)O)c4c3CN(C(=O)O)C4)cc21. The highest BCUT2D eigenvalue weighted by Crippen LogP contribution is 2.42. The van der Waals surface area contributed by atoms with Crippen LogP contribution in [-0.2, 0) is 23.3 Å². The van der Waals surface area contributed by atoms with Gasteiger partial charge in [0, 0.05) is 23.4 Å². The second kappa shape index (κ2) is 6.83. The van der Waals surface area contributed by atoms with Crippen molar-refractivity contribution in [3.63, 3.8) is 0 Å². The molecule has 2 aliphatic rings. The summed E-state index contributed by atoms with van der Waals surface area (Å²) in [6.45, 7) is 5.76. The molecule has 0 atom stereocenters. The summed E-state index contributed by atoms with van der Waals surface area (Å²) in [5, 5.41) is 25.1. The summed E-state index contributed by atoms with van der Waals surface area (Å²) in [7, 11) is 0. The standard InChI is InChI=1S/C20H21N5O6/c1-4-24-13-7-10(5-6-12(13)20(2,3)17(24)27)16(26)21-15-11-8-23(18(28)29)9-14(11)25(22-15)19(30)31/h5-7H,4,8-9H2,1-3H3,(H,28,29)(H,30,31)(H,21,22,26). The normalized spacial score (nSPS) is 16.3. The quantitative estimate of drug-likeness (QED) is 0.681. The van der Waals surface area contributed by atoms with Gasteiger partial charge in [0.2, 0.25) is 5.91 Å². The minimum absolute atomic E-state index is 0.00426. The molecule has 1 aromatic carbocycles. The van der Waals surface area contributed by atoms with Crippen LogP contribution in [0.15, 0.2) is 18.2 Å². The molecule has 0 bridgehead atoms. The van der Waals surface area contributed by atoms with E-state index in [0.29, 0.717) is 22.5 Å². The maximum atomic E-state index is 12.9. The van der Waals surface area contributed by atoms with Gasteiger partial charge in [0.1, 0.15) is 0 Å². The summed E-state index contributed by atoms with van der Waals surface area (Å²) in [5.41, 5.74) is 1.60. The molecule has 4 rings (SSSR count). The molecule has 0 radical (unpaired) electrons. The third kappa shape index (κ3) is 3.00. The Morgan fingerprint density at radius 1 is 1.16 bits per heavy atom. The van der Waals surface area contributed by atoms with E-state index >= 15 is 0 Å². The van der Waals surface area contributed by atoms with Gasteiger partial charge in [-0.1, -0.05) is 6.07 Å². The zero-order valence-corrected chi connectivity index (χ0v) is 17.2. The van der Waals surface area contributed by atoms with Gasteiger partial charge in [-0.2, -0.15) is 4.68 Å². The van der Waals surface area contributed by atoms with Crippen molar-refractivity contribution in [3.8, 4) is 0 Å². The van der Waals surface area contributed by atoms with E-state index < -0.39 is 23.5 Å². The highest BCUT2D eigenvalue weighted by atomic mass is 16.4. The van der Waals surface area contributed by atoms with E-state index in [1.54, 1.807) is 23.1 Å². The van der Waals surface area contributed by atoms with Crippen molar-refractivity contribution in [2.45, 2.75) is 39.3 Å². The Balaban J connectivity index is 1.66. The van der Waals surface area contributed by atoms with Gasteiger partial charge in [0.15, 0.2) is 5.82 Å². The third-order valence-electron chi connectivity index (χ3n) is 5.78. The first-order chi connectivity index (χ1) is 14.6. The number of nitrogens with one attached hydrogen (secondary N) is 1. The molecule has 0 aliphatic carbocycles. The summed E-state index contributed by atoms with van der Waals surface area (Å²) in [5.74, 6) is -0.590. The van der Waals surface area contributed by atoms with Crippen molar-refractivity contribution < 1.29 is 29.4 Å². The van der Waals surface area contributed by atoms with Crippen molar-refractivity contribution in [1.29, 1.82) is 0 Å². The van der Waals surface area contributed by atoms with Crippen LogP contribution in [0.5, 0.6) is 0 Å². The van der Waals surface area contributed by atoms with Gasteiger partial charge in [-0.25, -0.2) is 9.59 Å². The Morgan fingerprint density at radius 3 is 2.48 bits per heavy atom. The van der Waals surface area contributed by atoms with Crippen molar-refractivity contribution in [2.24, 2.45) is 0 Å². The summed E-state index contributed by atoms with van der Waals surface area (Å²) in [6, 6.07) is 4.96. The predicted octanol–water partition coefficient (Wildman–Crippen LogP) is 2.30. The molecule has 3 amide bonds. The largest absolute Gasteiger partial charge is 0.465 e. The second-order valence-corrected chi connectivity index (χ2v) is 7.97. The molecule has 2 aromatic rings. The maximum Gasteiger partial charge on any atom is 0.432 e. The molecule has 31 heavy (non-hydrogen) atoms. The Labute approximate surface area is 176 Å². The molecule has 3 heterocycles. The van der Waals surface area contributed by atoms with Crippen molar-refractivity contribution >= 4 is 35.5 Å². The highest BCUT2D eigenvalue weighted by Gasteiger charge is 2.43. The molecule has 11 nitrogen and oxygen atoms in total. The number of fused-ring (bicyclic) bond motifs is 2. The fraction of sp³-hybridized carbons (Fsp3) is 0.350. The first kappa shape index (κ1) is 20.4. The lowest BCUT2D eigenvalue weighted by Crippen LogP contribution is -2.35. The smallest absolute Gasteiger partial charge is 0.432 e. The molecule has 162 valence electrons. The highest BCUT2D eigenvalue weighted by molar-refractivity contribution is 6.10. The average Bonchev–Trinajstić information content (AvgIpc) is 3.33. The number of amides is 3. The lowest BCUT2D eigenvalue weighted by Gasteiger charge is -2.18. The molecule has 2 aliphatic heterocycles. The number of aromatic nitrogens is 2. The molecular formula is C20H21N5O6. The number of carbonyl (C=O) groups excluding carboxylic acids is 2. The molecule has 1 aromatic heterocycles. The molecule has 11 heteroatoms. The number of hydrogen-bond donors (Lipinski definition) is 3. The van der Waals surface area contributed by atoms with Gasteiger partial charge >= 0.3 is 12.2 Å². The van der Waals surface area contributed by atoms with Crippen LogP contribution in [-0.4, -0.2) is 55.4 Å². The molecule has 0 spiro atoms. The summed E-state index contributed by atoms with van der Waals surface area (Å²) in [4.78, 5) is 51.0. The van der Waals surface area contributed by atoms with Crippen molar-refractivity contribution in [1.82, 2.24) is 14.7 Å². The number of hydrogen-bond acceptors (Lipinski definition) is 5. The molecule has 0 unspecified atom stereocenters. The van der Waals surface area contributed by atoms with Gasteiger partial charge < -0.3 is 20.4 Å². The maximum absolute atomic E-state index is 12.9. The third-order valence-corrected chi connectivity index (χ3v) is 5.78. The summed E-state index contributed by atoms with van der Waals surface area (Å²) in [6.07, 6.45) is -2.57. The van der Waals surface area contributed by atoms with Gasteiger partial charge in [0.25, 0.3) is 5.91 Å². The van der Waals surface area contributed by atoms with Crippen LogP contribution in [0.3, 0.4) is 0 Å². The predicted molar refractivity (Wildman–Crippen MR) is 108 cm³/mol. The number of rotatable bonds is 3. The number of anilines is 2. The zero-order chi connectivity index (χ0) is 22.7. The number of likely N-dealkylation sites (N-methyl/N-ethyl adjacent to an activating group) is 1. The van der Waals surface area contributed by atoms with Gasteiger partial charge in [-0.15, -0.1) is 5.10 Å². The van der Waals surface area contributed by atoms with E-state index in [0.717, 1.165) is 10.5 Å². The number of nitrogens with zero attached hydrogens (tertiary/aromatic N) is 4. The van der Waals surface area contributed by atoms with Gasteiger partial charge in [0.05, 0.1) is 24.2 Å². The van der Waals surface area contributed by atoms with Crippen molar-refractivity contribution in [2.75, 3.05) is 16.8 Å². The monoisotopic (exact) mass is 427 g/mol. The fourth-order valence-corrected chi connectivity index (χ4v) is 4.12. The fourth-order valence-electron chi connectivity index (χ4n) is 4.12. The van der Waals surface area contributed by atoms with Crippen LogP contribution in [0, 0.1) is 0 Å². The Hall–Kier alpha value is -3.89. The lowest BCUT2D eigenvalue weighted by atomic mass is 9.86. The van der Waals surface area contributed by atoms with Gasteiger partial charge in [-0.3, -0.25) is 14.5 Å². The van der Waals surface area contributed by atoms with E-state index in [2.05, 4.69) is 10.4 Å². The van der Waals surface area contributed by atoms with Crippen LogP contribution < -0.4 is 10.2 Å². The second-order valence-electron chi connectivity index (χ2n) is 7.97. The zero-order valence-electron chi connectivity index (χ0n) is 17.2. The van der Waals surface area contributed by atoms with E-state index in [4.69, 9.17) is 0 Å². The minimum atomic E-state index is -1.37. The molecular weight excluding hydrogens is 406 g/mol. The van der Waals surface area contributed by atoms with E-state index in [1.807, 2.05) is 20.8 Å². The number of benzene rings is 1. The van der Waals surface area contributed by atoms with E-state index in [9.17, 15) is 29.4 Å². The molecule has 0 saturated carbocycles. The van der Waals surface area contributed by atoms with Crippen molar-refractivity contribution in [3.05, 3.63) is 40.6 Å². The van der Waals surface area contributed by atoms with Crippen LogP contribution in [0.2, 0.25) is 0 Å². The van der Waals surface area contributed by atoms with Crippen LogP contribution in [0.1, 0.15) is 48.0 Å². The van der Waals surface area contributed by atoms with E-state index in [1.165, 1.54) is 0 Å². The topological polar surface area (TPSA) is 145 Å². The van der Waals surface area contributed by atoms with Crippen LogP contribution in [0.25, 0.3) is 0 Å². The van der Waals surface area contributed by atoms with Crippen LogP contribution in [0.4, 0.5) is 21.1 Å². The van der Waals surface area contributed by atoms with E-state index in [-0.39, 0.29) is 36.1 Å². The summed E-state index contributed by atoms with van der Waals surface area (Å²) >= 11 is 0. The lowest BCUT2D eigenvalue weighted by molar-refractivity contribution is -0.122. The Kier molecular flexibility index (Phi) is 4.49. The Bertz CT molecular complexity index is 1150. The number of carboxylic acid groups (broad SMARTS) is 2.